The number of pyridine rings is 1. The van der Waals surface area contributed by atoms with Crippen molar-refractivity contribution in [2.75, 3.05) is 6.61 Å². The van der Waals surface area contributed by atoms with E-state index in [0.29, 0.717) is 33.4 Å². The molecule has 0 bridgehead atoms. The van der Waals surface area contributed by atoms with E-state index in [9.17, 15) is 24.6 Å². The summed E-state index contributed by atoms with van der Waals surface area (Å²) in [7, 11) is 0. The molecule has 0 saturated heterocycles. The molecule has 188 valence electrons. The van der Waals surface area contributed by atoms with Crippen LogP contribution in [0.2, 0.25) is 0 Å². The van der Waals surface area contributed by atoms with E-state index in [1.54, 1.807) is 43.3 Å². The van der Waals surface area contributed by atoms with Crippen LogP contribution < -0.4 is 5.56 Å². The summed E-state index contributed by atoms with van der Waals surface area (Å²) < 4.78 is 6.52. The first-order chi connectivity index (χ1) is 17.9. The molecule has 9 heteroatoms. The molecule has 2 aromatic heterocycles. The Labute approximate surface area is 216 Å². The van der Waals surface area contributed by atoms with Crippen molar-refractivity contribution in [3.05, 3.63) is 86.0 Å². The number of benzene rings is 2. The van der Waals surface area contributed by atoms with Crippen LogP contribution >= 0.6 is 11.3 Å². The highest BCUT2D eigenvalue weighted by Gasteiger charge is 2.30. The highest BCUT2D eigenvalue weighted by molar-refractivity contribution is 7.15. The predicted octanol–water partition coefficient (Wildman–Crippen LogP) is 5.26. The molecule has 0 unspecified atom stereocenters. The van der Waals surface area contributed by atoms with E-state index in [1.165, 1.54) is 34.3 Å². The smallest absolute Gasteiger partial charge is 0.341 e. The summed E-state index contributed by atoms with van der Waals surface area (Å²) in [4.78, 5) is 43.5. The lowest BCUT2D eigenvalue weighted by atomic mass is 9.95. The van der Waals surface area contributed by atoms with Crippen LogP contribution in [0.5, 0.6) is 5.88 Å². The van der Waals surface area contributed by atoms with E-state index in [1.807, 2.05) is 0 Å². The number of aryl methyl sites for hydroxylation is 1. The highest BCUT2D eigenvalue weighted by Crippen LogP contribution is 2.39. The Balaban J connectivity index is 1.75. The number of aromatic hydroxyl groups is 1. The van der Waals surface area contributed by atoms with E-state index < -0.39 is 17.5 Å². The number of rotatable bonds is 6. The quantitative estimate of drug-likeness (QED) is 0.267. The van der Waals surface area contributed by atoms with E-state index in [0.717, 1.165) is 29.7 Å². The molecule has 8 nitrogen and oxygen atoms in total. The second kappa shape index (κ2) is 10.0. The third-order valence-corrected chi connectivity index (χ3v) is 7.65. The molecule has 2 aromatic carbocycles. The Kier molecular flexibility index (Phi) is 6.62. The van der Waals surface area contributed by atoms with Gasteiger partial charge in [-0.15, -0.1) is 11.3 Å². The number of fused-ring (bicyclic) bond motifs is 2. The maximum absolute atomic E-state index is 13.7. The highest BCUT2D eigenvalue weighted by atomic mass is 32.1. The molecule has 0 amide bonds. The number of aromatic nitrogens is 1. The lowest BCUT2D eigenvalue weighted by Crippen LogP contribution is -2.22. The monoisotopic (exact) mass is 516 g/mol. The van der Waals surface area contributed by atoms with Crippen LogP contribution in [0.1, 0.15) is 56.5 Å². The van der Waals surface area contributed by atoms with Crippen LogP contribution in [0.25, 0.3) is 15.8 Å². The second-order valence-corrected chi connectivity index (χ2v) is 9.73. The zero-order valence-electron chi connectivity index (χ0n) is 20.1. The lowest BCUT2D eigenvalue weighted by Gasteiger charge is -2.15. The first-order valence-corrected chi connectivity index (χ1v) is 12.8. The number of hydrogen-bond acceptors (Lipinski definition) is 7. The van der Waals surface area contributed by atoms with Gasteiger partial charge in [0.2, 0.25) is 5.88 Å². The Hall–Kier alpha value is -4.24. The van der Waals surface area contributed by atoms with Crippen LogP contribution in [0.15, 0.2) is 58.3 Å². The van der Waals surface area contributed by atoms with Gasteiger partial charge in [-0.1, -0.05) is 24.3 Å². The van der Waals surface area contributed by atoms with Gasteiger partial charge in [0.25, 0.3) is 5.56 Å². The number of esters is 1. The first kappa shape index (κ1) is 24.5. The molecule has 37 heavy (non-hydrogen) atoms. The minimum atomic E-state index is -1.08. The van der Waals surface area contributed by atoms with Crippen molar-refractivity contribution in [3.63, 3.8) is 0 Å². The number of thiophene rings is 1. The third kappa shape index (κ3) is 4.42. The number of carboxylic acid groups (broad SMARTS) is 1. The Bertz CT molecular complexity index is 1630. The fraction of sp³-hybridized carbons (Fsp3) is 0.214. The molecule has 1 aliphatic rings. The summed E-state index contributed by atoms with van der Waals surface area (Å²) >= 11 is 1.33. The summed E-state index contributed by atoms with van der Waals surface area (Å²) in [6.07, 6.45) is 4.83. The van der Waals surface area contributed by atoms with Gasteiger partial charge in [0.05, 0.1) is 29.0 Å². The molecule has 2 heterocycles. The molecular weight excluding hydrogens is 492 g/mol. The van der Waals surface area contributed by atoms with Crippen molar-refractivity contribution in [1.29, 1.82) is 0 Å². The molecule has 0 spiro atoms. The van der Waals surface area contributed by atoms with E-state index in [4.69, 9.17) is 4.74 Å². The van der Waals surface area contributed by atoms with E-state index >= 15 is 0 Å². The van der Waals surface area contributed by atoms with E-state index in [-0.39, 0.29) is 23.6 Å². The molecular formula is C28H24N2O6S. The average molecular weight is 517 g/mol. The van der Waals surface area contributed by atoms with Crippen molar-refractivity contribution in [2.24, 2.45) is 4.99 Å². The van der Waals surface area contributed by atoms with Gasteiger partial charge in [0.15, 0.2) is 0 Å². The summed E-state index contributed by atoms with van der Waals surface area (Å²) in [5, 5.41) is 21.9. The van der Waals surface area contributed by atoms with Crippen molar-refractivity contribution in [1.82, 2.24) is 4.57 Å². The summed E-state index contributed by atoms with van der Waals surface area (Å²) in [6, 6.07) is 13.0. The Morgan fingerprint density at radius 2 is 1.86 bits per heavy atom. The van der Waals surface area contributed by atoms with Crippen molar-refractivity contribution in [2.45, 2.75) is 32.6 Å². The maximum atomic E-state index is 13.7. The first-order valence-electron chi connectivity index (χ1n) is 12.0. The SMILES string of the molecule is CCOC(=O)c1c(-n2c(O)c(C=Nc3cccc(C(=O)O)c3)c3ccccc3c2=O)sc2c1CCCC2. The van der Waals surface area contributed by atoms with Gasteiger partial charge in [-0.3, -0.25) is 9.79 Å². The molecule has 1 aliphatic carbocycles. The zero-order chi connectivity index (χ0) is 26.1. The van der Waals surface area contributed by atoms with Gasteiger partial charge in [0.1, 0.15) is 5.00 Å². The van der Waals surface area contributed by atoms with Gasteiger partial charge in [-0.05, 0) is 62.4 Å². The zero-order valence-corrected chi connectivity index (χ0v) is 20.9. The van der Waals surface area contributed by atoms with Gasteiger partial charge in [-0.25, -0.2) is 14.2 Å². The van der Waals surface area contributed by atoms with Crippen molar-refractivity contribution < 1.29 is 24.5 Å². The van der Waals surface area contributed by atoms with Gasteiger partial charge >= 0.3 is 11.9 Å². The van der Waals surface area contributed by atoms with Crippen LogP contribution in [-0.2, 0) is 17.6 Å². The number of aliphatic imine (C=N–C) groups is 1. The molecule has 4 aromatic rings. The van der Waals surface area contributed by atoms with Crippen LogP contribution in [-0.4, -0.2) is 39.5 Å². The third-order valence-electron chi connectivity index (χ3n) is 6.37. The molecule has 0 radical (unpaired) electrons. The normalized spacial score (nSPS) is 13.1. The number of ether oxygens (including phenoxy) is 1. The number of carbonyl (C=O) groups excluding carboxylic acids is 1. The topological polar surface area (TPSA) is 118 Å². The number of carbonyl (C=O) groups is 2. The molecule has 0 saturated carbocycles. The number of aromatic carboxylic acids is 1. The summed E-state index contributed by atoms with van der Waals surface area (Å²) in [5.74, 6) is -1.95. The summed E-state index contributed by atoms with van der Waals surface area (Å²) in [5.41, 5.74) is 1.48. The van der Waals surface area contributed by atoms with Gasteiger partial charge in [0, 0.05) is 21.9 Å². The molecule has 0 aliphatic heterocycles. The minimum absolute atomic E-state index is 0.0805. The number of nitrogens with zero attached hydrogens (tertiary/aromatic N) is 2. The second-order valence-electron chi connectivity index (χ2n) is 8.65. The molecule has 0 atom stereocenters. The van der Waals surface area contributed by atoms with Crippen molar-refractivity contribution >= 4 is 45.9 Å². The fourth-order valence-corrected chi connectivity index (χ4v) is 6.04. The molecule has 2 N–H and O–H groups in total. The van der Waals surface area contributed by atoms with Crippen LogP contribution in [0.4, 0.5) is 5.69 Å². The van der Waals surface area contributed by atoms with Crippen LogP contribution in [0, 0.1) is 0 Å². The maximum Gasteiger partial charge on any atom is 0.341 e. The summed E-state index contributed by atoms with van der Waals surface area (Å²) in [6.45, 7) is 1.92. The minimum Gasteiger partial charge on any atom is -0.494 e. The largest absolute Gasteiger partial charge is 0.494 e. The number of hydrogen-bond donors (Lipinski definition) is 2. The average Bonchev–Trinajstić information content (AvgIpc) is 3.28. The van der Waals surface area contributed by atoms with Crippen LogP contribution in [0.3, 0.4) is 0 Å². The Morgan fingerprint density at radius 1 is 1.11 bits per heavy atom. The van der Waals surface area contributed by atoms with E-state index in [2.05, 4.69) is 4.99 Å². The lowest BCUT2D eigenvalue weighted by molar-refractivity contribution is 0.0525. The Morgan fingerprint density at radius 3 is 2.62 bits per heavy atom. The van der Waals surface area contributed by atoms with Gasteiger partial charge in [-0.2, -0.15) is 0 Å². The number of carboxylic acids is 1. The van der Waals surface area contributed by atoms with Gasteiger partial charge < -0.3 is 14.9 Å². The standard InChI is InChI=1S/C28H24N2O6S/c1-2-36-28(35)23-20-12-5-6-13-22(20)37-26(23)30-24(31)19-11-4-3-10-18(19)21(25(30)32)15-29-17-9-7-8-16(14-17)27(33)34/h3-4,7-11,14-15,32H,2,5-6,12-13H2,1H3,(H,33,34). The molecule has 5 rings (SSSR count). The fourth-order valence-electron chi connectivity index (χ4n) is 4.66. The molecule has 0 fully saturated rings. The van der Waals surface area contributed by atoms with Crippen molar-refractivity contribution in [3.8, 4) is 10.9 Å². The predicted molar refractivity (Wildman–Crippen MR) is 142 cm³/mol.